The van der Waals surface area contributed by atoms with Crippen molar-refractivity contribution in [1.29, 1.82) is 0 Å². The minimum atomic E-state index is 0.182. The van der Waals surface area contributed by atoms with Crippen molar-refractivity contribution in [3.05, 3.63) is 102 Å². The number of phenols is 3. The SMILES string of the molecule is Oc1ccc(C(Cn2cncn2)=C(c2ccc(O)cc2)c2ccc(O)cc2)cc1. The molecule has 0 saturated carbocycles. The monoisotopic (exact) mass is 385 g/mol. The van der Waals surface area contributed by atoms with Crippen LogP contribution in [0.1, 0.15) is 16.7 Å². The van der Waals surface area contributed by atoms with Gasteiger partial charge >= 0.3 is 0 Å². The van der Waals surface area contributed by atoms with Gasteiger partial charge < -0.3 is 15.3 Å². The highest BCUT2D eigenvalue weighted by molar-refractivity contribution is 5.98. The molecule has 4 rings (SSSR count). The molecular formula is C23H19N3O3. The lowest BCUT2D eigenvalue weighted by atomic mass is 9.89. The number of allylic oxidation sites excluding steroid dienone is 1. The van der Waals surface area contributed by atoms with E-state index >= 15 is 0 Å². The Bertz CT molecular complexity index is 1070. The molecule has 3 N–H and O–H groups in total. The molecule has 1 aromatic heterocycles. The molecule has 6 nitrogen and oxygen atoms in total. The third kappa shape index (κ3) is 4.11. The van der Waals surface area contributed by atoms with Crippen molar-refractivity contribution in [2.75, 3.05) is 0 Å². The van der Waals surface area contributed by atoms with Crippen LogP contribution in [0.15, 0.2) is 85.5 Å². The van der Waals surface area contributed by atoms with E-state index in [1.54, 1.807) is 47.4 Å². The van der Waals surface area contributed by atoms with E-state index in [-0.39, 0.29) is 17.2 Å². The number of rotatable bonds is 5. The molecule has 0 aliphatic carbocycles. The number of benzene rings is 3. The Balaban J connectivity index is 1.98. The van der Waals surface area contributed by atoms with Crippen molar-refractivity contribution in [3.8, 4) is 17.2 Å². The molecule has 0 radical (unpaired) electrons. The van der Waals surface area contributed by atoms with Crippen LogP contribution in [-0.2, 0) is 6.54 Å². The van der Waals surface area contributed by atoms with E-state index < -0.39 is 0 Å². The molecule has 1 heterocycles. The molecule has 3 aromatic carbocycles. The van der Waals surface area contributed by atoms with E-state index in [1.165, 1.54) is 6.33 Å². The molecule has 144 valence electrons. The third-order valence-corrected chi connectivity index (χ3v) is 4.62. The second kappa shape index (κ2) is 7.90. The summed E-state index contributed by atoms with van der Waals surface area (Å²) in [4.78, 5) is 4.03. The maximum atomic E-state index is 9.74. The first-order valence-electron chi connectivity index (χ1n) is 9.04. The van der Waals surface area contributed by atoms with Gasteiger partial charge in [0.15, 0.2) is 0 Å². The van der Waals surface area contributed by atoms with Crippen LogP contribution in [0.3, 0.4) is 0 Å². The van der Waals surface area contributed by atoms with Gasteiger partial charge in [-0.2, -0.15) is 5.10 Å². The fourth-order valence-corrected chi connectivity index (χ4v) is 3.22. The van der Waals surface area contributed by atoms with E-state index in [9.17, 15) is 15.3 Å². The van der Waals surface area contributed by atoms with Crippen LogP contribution in [0.4, 0.5) is 0 Å². The fraction of sp³-hybridized carbons (Fsp3) is 0.0435. The van der Waals surface area contributed by atoms with E-state index in [4.69, 9.17) is 0 Å². The Hall–Kier alpha value is -4.06. The normalized spacial score (nSPS) is 10.6. The number of hydrogen-bond acceptors (Lipinski definition) is 5. The average molecular weight is 385 g/mol. The Kier molecular flexibility index (Phi) is 4.99. The second-order valence-corrected chi connectivity index (χ2v) is 6.59. The van der Waals surface area contributed by atoms with Gasteiger partial charge in [0.2, 0.25) is 0 Å². The molecule has 0 spiro atoms. The lowest BCUT2D eigenvalue weighted by Crippen LogP contribution is -2.05. The topological polar surface area (TPSA) is 91.4 Å². The maximum absolute atomic E-state index is 9.74. The molecule has 0 amide bonds. The van der Waals surface area contributed by atoms with Crippen molar-refractivity contribution < 1.29 is 15.3 Å². The fourth-order valence-electron chi connectivity index (χ4n) is 3.22. The van der Waals surface area contributed by atoms with Gasteiger partial charge in [-0.1, -0.05) is 36.4 Å². The van der Waals surface area contributed by atoms with E-state index in [0.717, 1.165) is 27.8 Å². The summed E-state index contributed by atoms with van der Waals surface area (Å²) >= 11 is 0. The summed E-state index contributed by atoms with van der Waals surface area (Å²) in [6.07, 6.45) is 3.13. The molecule has 0 fully saturated rings. The number of aromatic nitrogens is 3. The zero-order valence-corrected chi connectivity index (χ0v) is 15.5. The summed E-state index contributed by atoms with van der Waals surface area (Å²) in [5.41, 5.74) is 4.58. The Labute approximate surface area is 167 Å². The van der Waals surface area contributed by atoms with Crippen molar-refractivity contribution in [2.45, 2.75) is 6.54 Å². The third-order valence-electron chi connectivity index (χ3n) is 4.62. The van der Waals surface area contributed by atoms with Gasteiger partial charge in [-0.15, -0.1) is 0 Å². The first-order chi connectivity index (χ1) is 14.1. The van der Waals surface area contributed by atoms with Crippen LogP contribution >= 0.6 is 0 Å². The van der Waals surface area contributed by atoms with E-state index in [1.807, 2.05) is 36.4 Å². The van der Waals surface area contributed by atoms with Gasteiger partial charge in [-0.05, 0) is 64.2 Å². The molecular weight excluding hydrogens is 366 g/mol. The molecule has 0 unspecified atom stereocenters. The molecule has 4 aromatic rings. The summed E-state index contributed by atoms with van der Waals surface area (Å²) in [5, 5.41) is 33.4. The van der Waals surface area contributed by atoms with Gasteiger partial charge in [-0.25, -0.2) is 9.67 Å². The predicted octanol–water partition coefficient (Wildman–Crippen LogP) is 4.05. The largest absolute Gasteiger partial charge is 0.508 e. The van der Waals surface area contributed by atoms with Crippen LogP contribution in [0.25, 0.3) is 11.1 Å². The number of phenolic OH excluding ortho intramolecular Hbond substituents is 3. The zero-order valence-electron chi connectivity index (χ0n) is 15.5. The van der Waals surface area contributed by atoms with Crippen molar-refractivity contribution >= 4 is 11.1 Å². The molecule has 29 heavy (non-hydrogen) atoms. The molecule has 0 atom stereocenters. The highest BCUT2D eigenvalue weighted by Crippen LogP contribution is 2.35. The lowest BCUT2D eigenvalue weighted by Gasteiger charge is -2.18. The summed E-state index contributed by atoms with van der Waals surface area (Å²) in [6.45, 7) is 0.446. The van der Waals surface area contributed by atoms with Gasteiger partial charge in [0.05, 0.1) is 6.54 Å². The molecule has 0 bridgehead atoms. The van der Waals surface area contributed by atoms with E-state index in [0.29, 0.717) is 6.54 Å². The van der Waals surface area contributed by atoms with Crippen LogP contribution in [-0.4, -0.2) is 30.1 Å². The average Bonchev–Trinajstić information content (AvgIpc) is 3.24. The summed E-state index contributed by atoms with van der Waals surface area (Å²) in [7, 11) is 0. The summed E-state index contributed by atoms with van der Waals surface area (Å²) in [6, 6.07) is 20.9. The first kappa shape index (κ1) is 18.3. The zero-order chi connectivity index (χ0) is 20.2. The summed E-state index contributed by atoms with van der Waals surface area (Å²) < 4.78 is 1.73. The van der Waals surface area contributed by atoms with Gasteiger partial charge in [0.25, 0.3) is 0 Å². The second-order valence-electron chi connectivity index (χ2n) is 6.59. The maximum Gasteiger partial charge on any atom is 0.137 e. The molecule has 0 aliphatic rings. The molecule has 0 aliphatic heterocycles. The quantitative estimate of drug-likeness (QED) is 0.451. The Morgan fingerprint density at radius 2 is 1.10 bits per heavy atom. The number of aromatic hydroxyl groups is 3. The van der Waals surface area contributed by atoms with Gasteiger partial charge in [0.1, 0.15) is 29.9 Å². The Morgan fingerprint density at radius 3 is 1.52 bits per heavy atom. The number of hydrogen-bond donors (Lipinski definition) is 3. The summed E-state index contributed by atoms with van der Waals surface area (Å²) in [5.74, 6) is 0.548. The highest BCUT2D eigenvalue weighted by Gasteiger charge is 2.16. The van der Waals surface area contributed by atoms with Crippen LogP contribution in [0.2, 0.25) is 0 Å². The Morgan fingerprint density at radius 1 is 0.655 bits per heavy atom. The van der Waals surface area contributed by atoms with Crippen molar-refractivity contribution in [2.24, 2.45) is 0 Å². The first-order valence-corrected chi connectivity index (χ1v) is 9.04. The van der Waals surface area contributed by atoms with Gasteiger partial charge in [0, 0.05) is 0 Å². The lowest BCUT2D eigenvalue weighted by molar-refractivity contribution is 0.474. The minimum Gasteiger partial charge on any atom is -0.508 e. The predicted molar refractivity (Wildman–Crippen MR) is 110 cm³/mol. The molecule has 6 heteroatoms. The minimum absolute atomic E-state index is 0.182. The smallest absolute Gasteiger partial charge is 0.137 e. The van der Waals surface area contributed by atoms with Crippen LogP contribution in [0.5, 0.6) is 17.2 Å². The molecule has 0 saturated heterocycles. The number of nitrogens with zero attached hydrogens (tertiary/aromatic N) is 3. The standard InChI is InChI=1S/C23H19N3O3/c27-19-7-1-16(2-8-19)22(13-26-15-24-14-25-26)23(17-3-9-20(28)10-4-17)18-5-11-21(29)12-6-18/h1-12,14-15,27-29H,13H2. The van der Waals surface area contributed by atoms with Crippen molar-refractivity contribution in [1.82, 2.24) is 14.8 Å². The van der Waals surface area contributed by atoms with Crippen molar-refractivity contribution in [3.63, 3.8) is 0 Å². The highest BCUT2D eigenvalue weighted by atomic mass is 16.3. The van der Waals surface area contributed by atoms with E-state index in [2.05, 4.69) is 10.1 Å². The van der Waals surface area contributed by atoms with Gasteiger partial charge in [-0.3, -0.25) is 0 Å². The van der Waals surface area contributed by atoms with Crippen LogP contribution in [0, 0.1) is 0 Å². The van der Waals surface area contributed by atoms with Crippen LogP contribution < -0.4 is 0 Å².